The second kappa shape index (κ2) is 6.44. The average molecular weight is 322 g/mol. The lowest BCUT2D eigenvalue weighted by atomic mass is 10.0. The molecule has 1 atom stereocenters. The fourth-order valence-corrected chi connectivity index (χ4v) is 2.75. The predicted octanol–water partition coefficient (Wildman–Crippen LogP) is 3.64. The molecule has 116 valence electrons. The van der Waals surface area contributed by atoms with Crippen LogP contribution in [0.5, 0.6) is 0 Å². The molecule has 7 heteroatoms. The lowest BCUT2D eigenvalue weighted by Crippen LogP contribution is -2.35. The summed E-state index contributed by atoms with van der Waals surface area (Å²) in [5, 5.41) is 2.95. The minimum absolute atomic E-state index is 0.0991. The maximum atomic E-state index is 13.7. The van der Waals surface area contributed by atoms with Crippen LogP contribution >= 0.6 is 11.6 Å². The van der Waals surface area contributed by atoms with Gasteiger partial charge in [0, 0.05) is 13.1 Å². The van der Waals surface area contributed by atoms with Crippen LogP contribution in [0.1, 0.15) is 19.8 Å². The molecule has 1 aromatic carbocycles. The van der Waals surface area contributed by atoms with E-state index in [1.54, 1.807) is 18.2 Å². The zero-order chi connectivity index (χ0) is 15.5. The molecule has 0 spiro atoms. The number of benzene rings is 1. The molecule has 1 unspecified atom stereocenters. The minimum atomic E-state index is -0.368. The molecule has 1 aliphatic heterocycles. The first-order valence-electron chi connectivity index (χ1n) is 7.30. The van der Waals surface area contributed by atoms with Crippen LogP contribution in [-0.4, -0.2) is 28.0 Å². The van der Waals surface area contributed by atoms with E-state index >= 15 is 0 Å². The van der Waals surface area contributed by atoms with Crippen LogP contribution in [0.25, 0.3) is 0 Å². The molecule has 0 radical (unpaired) electrons. The molecule has 1 fully saturated rings. The van der Waals surface area contributed by atoms with E-state index in [1.165, 1.54) is 12.5 Å². The Hall–Kier alpha value is -1.95. The fraction of sp³-hybridized carbons (Fsp3) is 0.400. The van der Waals surface area contributed by atoms with Crippen molar-refractivity contribution in [3.63, 3.8) is 0 Å². The second-order valence-corrected chi connectivity index (χ2v) is 5.86. The smallest absolute Gasteiger partial charge is 0.233 e. The highest BCUT2D eigenvalue weighted by Gasteiger charge is 2.20. The van der Waals surface area contributed by atoms with Gasteiger partial charge in [-0.05, 0) is 42.5 Å². The molecule has 1 aromatic heterocycles. The van der Waals surface area contributed by atoms with Crippen LogP contribution < -0.4 is 10.2 Å². The van der Waals surface area contributed by atoms with Crippen molar-refractivity contribution >= 4 is 29.2 Å². The van der Waals surface area contributed by atoms with Gasteiger partial charge in [0.2, 0.25) is 17.2 Å². The first-order valence-corrected chi connectivity index (χ1v) is 7.67. The number of nitrogens with one attached hydrogen (secondary N) is 1. The predicted molar refractivity (Wildman–Crippen MR) is 85.1 cm³/mol. The first kappa shape index (κ1) is 15.0. The zero-order valence-corrected chi connectivity index (χ0v) is 13.0. The van der Waals surface area contributed by atoms with Crippen LogP contribution in [0.15, 0.2) is 24.3 Å². The summed E-state index contributed by atoms with van der Waals surface area (Å²) in [4.78, 5) is 14.7. The molecule has 3 rings (SSSR count). The van der Waals surface area contributed by atoms with Crippen LogP contribution in [0.3, 0.4) is 0 Å². The number of para-hydroxylation sites is 1. The van der Waals surface area contributed by atoms with Gasteiger partial charge in [0.05, 0.1) is 5.69 Å². The van der Waals surface area contributed by atoms with Crippen molar-refractivity contribution in [1.29, 1.82) is 0 Å². The molecule has 2 aromatic rings. The van der Waals surface area contributed by atoms with Crippen LogP contribution in [0.4, 0.5) is 22.0 Å². The number of hydrogen-bond acceptors (Lipinski definition) is 5. The average Bonchev–Trinajstić information content (AvgIpc) is 2.49. The van der Waals surface area contributed by atoms with Gasteiger partial charge in [-0.25, -0.2) is 4.39 Å². The van der Waals surface area contributed by atoms with Crippen molar-refractivity contribution in [3.05, 3.63) is 35.4 Å². The molecule has 1 saturated heterocycles. The Kier molecular flexibility index (Phi) is 4.38. The third kappa shape index (κ3) is 3.44. The highest BCUT2D eigenvalue weighted by Crippen LogP contribution is 2.23. The van der Waals surface area contributed by atoms with Gasteiger partial charge in [-0.3, -0.25) is 0 Å². The van der Waals surface area contributed by atoms with Crippen LogP contribution in [0, 0.1) is 11.7 Å². The van der Waals surface area contributed by atoms with E-state index in [9.17, 15) is 4.39 Å². The van der Waals surface area contributed by atoms with E-state index in [-0.39, 0.29) is 17.0 Å². The Morgan fingerprint density at radius 3 is 2.86 bits per heavy atom. The first-order chi connectivity index (χ1) is 10.6. The summed E-state index contributed by atoms with van der Waals surface area (Å²) in [6, 6.07) is 6.36. The minimum Gasteiger partial charge on any atom is -0.340 e. The number of rotatable bonds is 3. The summed E-state index contributed by atoms with van der Waals surface area (Å²) < 4.78 is 13.7. The molecule has 1 aliphatic rings. The summed E-state index contributed by atoms with van der Waals surface area (Å²) >= 11 is 5.99. The van der Waals surface area contributed by atoms with Crippen molar-refractivity contribution < 1.29 is 4.39 Å². The van der Waals surface area contributed by atoms with Gasteiger partial charge in [-0.1, -0.05) is 19.1 Å². The van der Waals surface area contributed by atoms with Crippen molar-refractivity contribution in [2.75, 3.05) is 23.3 Å². The molecular weight excluding hydrogens is 305 g/mol. The molecule has 0 aliphatic carbocycles. The third-order valence-corrected chi connectivity index (χ3v) is 3.83. The van der Waals surface area contributed by atoms with Gasteiger partial charge in [0.25, 0.3) is 0 Å². The van der Waals surface area contributed by atoms with Crippen molar-refractivity contribution in [3.8, 4) is 0 Å². The third-order valence-electron chi connectivity index (χ3n) is 3.66. The van der Waals surface area contributed by atoms with Crippen LogP contribution in [-0.2, 0) is 0 Å². The molecule has 22 heavy (non-hydrogen) atoms. The number of hydrogen-bond donors (Lipinski definition) is 1. The topological polar surface area (TPSA) is 53.9 Å². The highest BCUT2D eigenvalue weighted by atomic mass is 35.5. The lowest BCUT2D eigenvalue weighted by molar-refractivity contribution is 0.442. The molecule has 0 amide bonds. The Morgan fingerprint density at radius 2 is 2.09 bits per heavy atom. The van der Waals surface area contributed by atoms with Gasteiger partial charge in [-0.15, -0.1) is 0 Å². The summed E-state index contributed by atoms with van der Waals surface area (Å²) in [7, 11) is 0. The normalized spacial score (nSPS) is 18.3. The Balaban J connectivity index is 1.85. The molecule has 0 bridgehead atoms. The SMILES string of the molecule is CC1CCCN(c2nc(Cl)nc(Nc3ccccc3F)n2)C1. The molecule has 2 heterocycles. The number of nitrogens with zero attached hydrogens (tertiary/aromatic N) is 4. The highest BCUT2D eigenvalue weighted by molar-refractivity contribution is 6.28. The van der Waals surface area contributed by atoms with Gasteiger partial charge in [0.1, 0.15) is 5.82 Å². The van der Waals surface area contributed by atoms with Gasteiger partial charge in [-0.2, -0.15) is 15.0 Å². The van der Waals surface area contributed by atoms with E-state index in [1.807, 2.05) is 0 Å². The van der Waals surface area contributed by atoms with Crippen molar-refractivity contribution in [2.24, 2.45) is 5.92 Å². The summed E-state index contributed by atoms with van der Waals surface area (Å²) in [6.07, 6.45) is 2.30. The Bertz CT molecular complexity index is 666. The summed E-state index contributed by atoms with van der Waals surface area (Å²) in [6.45, 7) is 3.98. The molecule has 5 nitrogen and oxygen atoms in total. The van der Waals surface area contributed by atoms with Crippen molar-refractivity contribution in [2.45, 2.75) is 19.8 Å². The number of piperidine rings is 1. The Morgan fingerprint density at radius 1 is 1.27 bits per heavy atom. The number of anilines is 3. The lowest BCUT2D eigenvalue weighted by Gasteiger charge is -2.30. The van der Waals surface area contributed by atoms with E-state index in [0.29, 0.717) is 17.6 Å². The summed E-state index contributed by atoms with van der Waals surface area (Å²) in [5.74, 6) is 1.00. The largest absolute Gasteiger partial charge is 0.340 e. The van der Waals surface area contributed by atoms with E-state index < -0.39 is 0 Å². The fourth-order valence-electron chi connectivity index (χ4n) is 2.59. The van der Waals surface area contributed by atoms with E-state index in [4.69, 9.17) is 11.6 Å². The van der Waals surface area contributed by atoms with Gasteiger partial charge in [0.15, 0.2) is 0 Å². The number of aromatic nitrogens is 3. The number of halogens is 2. The van der Waals surface area contributed by atoms with Gasteiger partial charge < -0.3 is 10.2 Å². The van der Waals surface area contributed by atoms with Crippen molar-refractivity contribution in [1.82, 2.24) is 15.0 Å². The van der Waals surface area contributed by atoms with E-state index in [0.717, 1.165) is 19.5 Å². The monoisotopic (exact) mass is 321 g/mol. The second-order valence-electron chi connectivity index (χ2n) is 5.53. The standard InChI is InChI=1S/C15H17ClFN5/c1-10-5-4-8-22(9-10)15-20-13(16)19-14(21-15)18-12-7-3-2-6-11(12)17/h2-3,6-7,10H,4-5,8-9H2,1H3,(H,18,19,20,21). The maximum absolute atomic E-state index is 13.7. The zero-order valence-electron chi connectivity index (χ0n) is 12.3. The molecular formula is C15H17ClFN5. The van der Waals surface area contributed by atoms with Crippen LogP contribution in [0.2, 0.25) is 5.28 Å². The van der Waals surface area contributed by atoms with E-state index in [2.05, 4.69) is 32.1 Å². The van der Waals surface area contributed by atoms with Gasteiger partial charge >= 0.3 is 0 Å². The summed E-state index contributed by atoms with van der Waals surface area (Å²) in [5.41, 5.74) is 0.308. The quantitative estimate of drug-likeness (QED) is 0.935. The molecule has 0 saturated carbocycles. The maximum Gasteiger partial charge on any atom is 0.233 e. The Labute approximate surface area is 133 Å². The molecule has 1 N–H and O–H groups in total.